The van der Waals surface area contributed by atoms with Gasteiger partial charge in [-0.25, -0.2) is 0 Å². The minimum Gasteiger partial charge on any atom is -0.309 e. The number of likely N-dealkylation sites (N-methyl/N-ethyl adjacent to an activating group) is 1. The molecule has 1 aliphatic rings. The van der Waals surface area contributed by atoms with Crippen molar-refractivity contribution in [2.75, 3.05) is 11.9 Å². The first kappa shape index (κ1) is 13.7. The molecule has 1 N–H and O–H groups in total. The first-order valence-electron chi connectivity index (χ1n) is 6.65. The third-order valence-electron chi connectivity index (χ3n) is 3.81. The number of carbonyl (C=O) groups is 2. The Morgan fingerprint density at radius 3 is 2.74 bits per heavy atom. The van der Waals surface area contributed by atoms with Gasteiger partial charge in [-0.1, -0.05) is 18.2 Å². The molecule has 0 fully saturated rings. The molecule has 0 aliphatic carbocycles. The van der Waals surface area contributed by atoms with Crippen LogP contribution in [-0.2, 0) is 16.0 Å². The average molecular weight is 260 g/mol. The van der Waals surface area contributed by atoms with Gasteiger partial charge in [0.05, 0.1) is 12.1 Å². The lowest BCUT2D eigenvalue weighted by Gasteiger charge is -2.30. The fourth-order valence-electron chi connectivity index (χ4n) is 2.52. The molecule has 2 atom stereocenters. The van der Waals surface area contributed by atoms with E-state index in [1.165, 1.54) is 6.92 Å². The van der Waals surface area contributed by atoms with Crippen LogP contribution in [0.1, 0.15) is 25.8 Å². The number of nitrogens with zero attached hydrogens (tertiary/aromatic N) is 1. The van der Waals surface area contributed by atoms with E-state index in [0.29, 0.717) is 0 Å². The zero-order valence-electron chi connectivity index (χ0n) is 11.6. The van der Waals surface area contributed by atoms with Gasteiger partial charge >= 0.3 is 0 Å². The van der Waals surface area contributed by atoms with Crippen molar-refractivity contribution < 1.29 is 9.59 Å². The summed E-state index contributed by atoms with van der Waals surface area (Å²) in [6.45, 7) is 3.31. The molecule has 0 radical (unpaired) electrons. The van der Waals surface area contributed by atoms with Crippen LogP contribution in [0.5, 0.6) is 0 Å². The molecular formula is C15H20N2O2. The molecular weight excluding hydrogens is 240 g/mol. The number of hydrogen-bond donors (Lipinski definition) is 1. The van der Waals surface area contributed by atoms with E-state index in [4.69, 9.17) is 0 Å². The van der Waals surface area contributed by atoms with E-state index in [-0.39, 0.29) is 17.7 Å². The van der Waals surface area contributed by atoms with Crippen LogP contribution in [0.15, 0.2) is 24.3 Å². The van der Waals surface area contributed by atoms with Gasteiger partial charge in [-0.3, -0.25) is 9.59 Å². The van der Waals surface area contributed by atoms with Gasteiger partial charge in [0, 0.05) is 5.69 Å². The topological polar surface area (TPSA) is 49.4 Å². The molecule has 0 saturated carbocycles. The summed E-state index contributed by atoms with van der Waals surface area (Å²) in [5, 5.41) is 3.05. The summed E-state index contributed by atoms with van der Waals surface area (Å²) in [6.07, 6.45) is 1.60. The predicted octanol–water partition coefficient (Wildman–Crippen LogP) is 1.53. The molecule has 0 spiro atoms. The smallest absolute Gasteiger partial charge is 0.244 e. The molecule has 2 unspecified atom stereocenters. The Labute approximate surface area is 113 Å². The second-order valence-electron chi connectivity index (χ2n) is 5.00. The average Bonchev–Trinajstić information content (AvgIpc) is 2.54. The van der Waals surface area contributed by atoms with Crippen LogP contribution in [0.2, 0.25) is 0 Å². The lowest BCUT2D eigenvalue weighted by Crippen LogP contribution is -2.50. The van der Waals surface area contributed by atoms with Crippen LogP contribution in [0.3, 0.4) is 0 Å². The summed E-state index contributed by atoms with van der Waals surface area (Å²) in [6, 6.07) is 7.17. The number of rotatable bonds is 3. The molecule has 1 aliphatic heterocycles. The van der Waals surface area contributed by atoms with Gasteiger partial charge in [-0.05, 0) is 45.4 Å². The highest BCUT2D eigenvalue weighted by Crippen LogP contribution is 2.28. The number of hydrogen-bond acceptors (Lipinski definition) is 3. The summed E-state index contributed by atoms with van der Waals surface area (Å²) in [4.78, 5) is 25.9. The van der Waals surface area contributed by atoms with Crippen molar-refractivity contribution in [1.29, 1.82) is 0 Å². The Hall–Kier alpha value is -1.68. The van der Waals surface area contributed by atoms with Crippen LogP contribution in [-0.4, -0.2) is 30.8 Å². The molecule has 1 amide bonds. The van der Waals surface area contributed by atoms with Crippen molar-refractivity contribution in [3.63, 3.8) is 0 Å². The molecule has 1 aromatic carbocycles. The van der Waals surface area contributed by atoms with Crippen molar-refractivity contribution in [1.82, 2.24) is 5.32 Å². The van der Waals surface area contributed by atoms with Crippen LogP contribution >= 0.6 is 0 Å². The molecule has 1 aromatic rings. The largest absolute Gasteiger partial charge is 0.309 e. The number of benzene rings is 1. The van der Waals surface area contributed by atoms with Gasteiger partial charge in [0.2, 0.25) is 5.91 Å². The maximum Gasteiger partial charge on any atom is 0.244 e. The monoisotopic (exact) mass is 260 g/mol. The number of Topliss-reactive ketones (excluding diaryl/α,β-unsaturated/α-hetero) is 1. The van der Waals surface area contributed by atoms with Crippen LogP contribution in [0.4, 0.5) is 5.69 Å². The van der Waals surface area contributed by atoms with Crippen molar-refractivity contribution in [3.8, 4) is 0 Å². The lowest BCUT2D eigenvalue weighted by molar-refractivity contribution is -0.124. The number of amides is 1. The van der Waals surface area contributed by atoms with E-state index in [0.717, 1.165) is 24.1 Å². The highest BCUT2D eigenvalue weighted by Gasteiger charge is 2.33. The highest BCUT2D eigenvalue weighted by molar-refractivity contribution is 6.04. The zero-order chi connectivity index (χ0) is 14.0. The van der Waals surface area contributed by atoms with E-state index in [9.17, 15) is 9.59 Å². The number of fused-ring (bicyclic) bond motifs is 1. The zero-order valence-corrected chi connectivity index (χ0v) is 11.6. The van der Waals surface area contributed by atoms with Crippen molar-refractivity contribution in [2.24, 2.45) is 0 Å². The fraction of sp³-hybridized carbons (Fsp3) is 0.467. The predicted molar refractivity (Wildman–Crippen MR) is 75.2 cm³/mol. The third-order valence-corrected chi connectivity index (χ3v) is 3.81. The maximum atomic E-state index is 12.6. The maximum absolute atomic E-state index is 12.6. The number of ketones is 1. The molecule has 0 aromatic heterocycles. The number of anilines is 1. The number of aryl methyl sites for hydroxylation is 1. The van der Waals surface area contributed by atoms with Crippen molar-refractivity contribution in [2.45, 2.75) is 38.8 Å². The second kappa shape index (κ2) is 5.53. The molecule has 2 rings (SSSR count). The van der Waals surface area contributed by atoms with Crippen LogP contribution < -0.4 is 10.2 Å². The van der Waals surface area contributed by atoms with E-state index in [1.807, 2.05) is 24.3 Å². The minimum atomic E-state index is -0.428. The summed E-state index contributed by atoms with van der Waals surface area (Å²) in [5.41, 5.74) is 2.00. The standard InChI is InChI=1S/C15H20N2O2/c1-10(11(2)18)17-14-7-5-4-6-12(14)8-9-13(16-3)15(17)19/h4-7,10,13,16H,8-9H2,1-3H3. The van der Waals surface area contributed by atoms with Crippen LogP contribution in [0, 0.1) is 0 Å². The fourth-order valence-corrected chi connectivity index (χ4v) is 2.52. The molecule has 4 nitrogen and oxygen atoms in total. The molecule has 102 valence electrons. The van der Waals surface area contributed by atoms with Crippen molar-refractivity contribution >= 4 is 17.4 Å². The van der Waals surface area contributed by atoms with E-state index in [2.05, 4.69) is 5.32 Å². The Morgan fingerprint density at radius 1 is 1.42 bits per heavy atom. The van der Waals surface area contributed by atoms with E-state index >= 15 is 0 Å². The molecule has 1 heterocycles. The first-order chi connectivity index (χ1) is 9.06. The minimum absolute atomic E-state index is 0.0000869. The van der Waals surface area contributed by atoms with Crippen LogP contribution in [0.25, 0.3) is 0 Å². The van der Waals surface area contributed by atoms with Gasteiger partial charge in [-0.15, -0.1) is 0 Å². The summed E-state index contributed by atoms with van der Waals surface area (Å²) < 4.78 is 0. The number of carbonyl (C=O) groups excluding carboxylic acids is 2. The molecule has 19 heavy (non-hydrogen) atoms. The Balaban J connectivity index is 2.49. The lowest BCUT2D eigenvalue weighted by atomic mass is 10.1. The highest BCUT2D eigenvalue weighted by atomic mass is 16.2. The molecule has 0 bridgehead atoms. The summed E-state index contributed by atoms with van der Waals surface area (Å²) in [7, 11) is 1.79. The Kier molecular flexibility index (Phi) is 4.00. The second-order valence-corrected chi connectivity index (χ2v) is 5.00. The normalized spacial score (nSPS) is 20.7. The van der Waals surface area contributed by atoms with Gasteiger partial charge < -0.3 is 10.2 Å². The van der Waals surface area contributed by atoms with Gasteiger partial charge in [0.1, 0.15) is 0 Å². The van der Waals surface area contributed by atoms with E-state index in [1.54, 1.807) is 18.9 Å². The number of nitrogens with one attached hydrogen (secondary N) is 1. The Bertz CT molecular complexity index is 499. The quantitative estimate of drug-likeness (QED) is 0.896. The first-order valence-corrected chi connectivity index (χ1v) is 6.65. The molecule has 0 saturated heterocycles. The molecule has 4 heteroatoms. The summed E-state index contributed by atoms with van der Waals surface area (Å²) in [5.74, 6) is -0.0185. The third kappa shape index (κ3) is 2.54. The van der Waals surface area contributed by atoms with E-state index < -0.39 is 6.04 Å². The van der Waals surface area contributed by atoms with Gasteiger partial charge in [-0.2, -0.15) is 0 Å². The van der Waals surface area contributed by atoms with Gasteiger partial charge in [0.15, 0.2) is 5.78 Å². The van der Waals surface area contributed by atoms with Gasteiger partial charge in [0.25, 0.3) is 0 Å². The Morgan fingerprint density at radius 2 is 2.11 bits per heavy atom. The van der Waals surface area contributed by atoms with Crippen molar-refractivity contribution in [3.05, 3.63) is 29.8 Å². The summed E-state index contributed by atoms with van der Waals surface area (Å²) >= 11 is 0. The number of para-hydroxylation sites is 1. The SMILES string of the molecule is CNC1CCc2ccccc2N(C(C)C(C)=O)C1=O.